The van der Waals surface area contributed by atoms with Gasteiger partial charge < -0.3 is 5.32 Å². The number of carbonyl (C=O) groups excluding carboxylic acids is 3. The van der Waals surface area contributed by atoms with Crippen molar-refractivity contribution >= 4 is 35.2 Å². The number of hydrogen-bond acceptors (Lipinski definition) is 5. The lowest BCUT2D eigenvalue weighted by Crippen LogP contribution is -2.53. The molecule has 6 nitrogen and oxygen atoms in total. The predicted molar refractivity (Wildman–Crippen MR) is 121 cm³/mol. The number of fused-ring (bicyclic) bond motifs is 4. The van der Waals surface area contributed by atoms with E-state index in [1.54, 1.807) is 11.8 Å². The van der Waals surface area contributed by atoms with Crippen LogP contribution in [0.4, 0.5) is 5.69 Å². The van der Waals surface area contributed by atoms with Gasteiger partial charge in [-0.2, -0.15) is 11.8 Å². The summed E-state index contributed by atoms with van der Waals surface area (Å²) in [4.78, 5) is 41.8. The Morgan fingerprint density at radius 1 is 1.00 bits per heavy atom. The van der Waals surface area contributed by atoms with Crippen molar-refractivity contribution in [1.82, 2.24) is 10.2 Å². The van der Waals surface area contributed by atoms with Crippen LogP contribution in [0.15, 0.2) is 54.6 Å². The van der Waals surface area contributed by atoms with Gasteiger partial charge in [0, 0.05) is 23.8 Å². The predicted octanol–water partition coefficient (Wildman–Crippen LogP) is 2.40. The van der Waals surface area contributed by atoms with Gasteiger partial charge in [-0.15, -0.1) is 0 Å². The molecule has 3 heterocycles. The molecule has 31 heavy (non-hydrogen) atoms. The number of benzene rings is 2. The number of para-hydroxylation sites is 1. The Balaban J connectivity index is 1.51. The van der Waals surface area contributed by atoms with Gasteiger partial charge in [0.2, 0.25) is 17.7 Å². The highest BCUT2D eigenvalue weighted by Crippen LogP contribution is 2.53. The topological polar surface area (TPSA) is 78.5 Å². The van der Waals surface area contributed by atoms with E-state index in [2.05, 4.69) is 10.6 Å². The van der Waals surface area contributed by atoms with E-state index in [-0.39, 0.29) is 23.8 Å². The summed E-state index contributed by atoms with van der Waals surface area (Å²) in [6, 6.07) is 17.1. The van der Waals surface area contributed by atoms with Gasteiger partial charge in [0.15, 0.2) is 0 Å². The van der Waals surface area contributed by atoms with E-state index < -0.39 is 17.4 Å². The molecule has 5 rings (SSSR count). The minimum atomic E-state index is -1.18. The molecule has 2 aromatic carbocycles. The molecular weight excluding hydrogens is 410 g/mol. The Kier molecular flexibility index (Phi) is 5.10. The second-order valence-electron chi connectivity index (χ2n) is 8.41. The third kappa shape index (κ3) is 3.02. The lowest BCUT2D eigenvalue weighted by molar-refractivity contribution is -0.142. The molecule has 2 saturated heterocycles. The number of likely N-dealkylation sites (tertiary alicyclic amines) is 1. The molecule has 0 radical (unpaired) electrons. The average Bonchev–Trinajstić information content (AvgIpc) is 3.36. The molecular formula is C24H25N3O3S. The number of nitrogens with one attached hydrogen (secondary N) is 2. The van der Waals surface area contributed by atoms with Crippen molar-refractivity contribution in [2.75, 3.05) is 23.9 Å². The quantitative estimate of drug-likeness (QED) is 0.682. The van der Waals surface area contributed by atoms with Crippen molar-refractivity contribution in [3.8, 4) is 0 Å². The Morgan fingerprint density at radius 2 is 1.74 bits per heavy atom. The molecule has 0 saturated carbocycles. The van der Waals surface area contributed by atoms with Gasteiger partial charge in [0.25, 0.3) is 0 Å². The van der Waals surface area contributed by atoms with E-state index in [4.69, 9.17) is 0 Å². The van der Waals surface area contributed by atoms with Crippen LogP contribution in [-0.4, -0.2) is 47.2 Å². The zero-order valence-corrected chi connectivity index (χ0v) is 18.2. The number of nitrogens with zero attached hydrogens (tertiary/aromatic N) is 1. The summed E-state index contributed by atoms with van der Waals surface area (Å²) in [7, 11) is 0. The molecule has 0 bridgehead atoms. The monoisotopic (exact) mass is 435 g/mol. The van der Waals surface area contributed by atoms with Crippen molar-refractivity contribution in [2.45, 2.75) is 24.4 Å². The molecule has 7 heteroatoms. The Labute approximate surface area is 185 Å². The third-order valence-corrected chi connectivity index (χ3v) is 7.46. The van der Waals surface area contributed by atoms with Gasteiger partial charge in [0.05, 0.1) is 11.8 Å². The van der Waals surface area contributed by atoms with Crippen LogP contribution in [-0.2, 0) is 26.3 Å². The first-order valence-electron chi connectivity index (χ1n) is 10.6. The van der Waals surface area contributed by atoms with Crippen LogP contribution in [0.2, 0.25) is 0 Å². The van der Waals surface area contributed by atoms with Crippen molar-refractivity contribution in [1.29, 1.82) is 0 Å². The van der Waals surface area contributed by atoms with Crippen molar-refractivity contribution in [2.24, 2.45) is 11.8 Å². The summed E-state index contributed by atoms with van der Waals surface area (Å²) in [5.41, 5.74) is 1.38. The largest absolute Gasteiger partial charge is 0.324 e. The standard InChI is InChI=1S/C24H25N3O3S/c1-31-14-12-18-19-20(24(26-18)16-9-5-6-10-17(16)25-23(24)30)22(29)27(21(19)28)13-11-15-7-3-2-4-8-15/h2-10,18-20,26H,11-14H2,1H3,(H,25,30). The lowest BCUT2D eigenvalue weighted by atomic mass is 9.76. The fourth-order valence-corrected chi connectivity index (χ4v) is 5.91. The Bertz CT molecular complexity index is 1040. The van der Waals surface area contributed by atoms with E-state index in [0.29, 0.717) is 18.7 Å². The average molecular weight is 436 g/mol. The maximum absolute atomic E-state index is 13.6. The smallest absolute Gasteiger partial charge is 0.250 e. The molecule has 2 N–H and O–H groups in total. The molecule has 3 aliphatic rings. The Hall–Kier alpha value is -2.64. The van der Waals surface area contributed by atoms with Crippen LogP contribution in [0.25, 0.3) is 0 Å². The molecule has 4 unspecified atom stereocenters. The number of hydrogen-bond donors (Lipinski definition) is 2. The molecule has 2 aromatic rings. The molecule has 1 spiro atoms. The second-order valence-corrected chi connectivity index (χ2v) is 9.39. The minimum Gasteiger partial charge on any atom is -0.324 e. The summed E-state index contributed by atoms with van der Waals surface area (Å²) in [5.74, 6) is -1.01. The first kappa shape index (κ1) is 20.3. The Morgan fingerprint density at radius 3 is 2.52 bits per heavy atom. The number of anilines is 1. The number of imide groups is 1. The summed E-state index contributed by atoms with van der Waals surface area (Å²) in [6.07, 6.45) is 3.36. The summed E-state index contributed by atoms with van der Waals surface area (Å²) in [5, 5.41) is 6.41. The highest BCUT2D eigenvalue weighted by Gasteiger charge is 2.70. The van der Waals surface area contributed by atoms with Crippen molar-refractivity contribution < 1.29 is 14.4 Å². The van der Waals surface area contributed by atoms with E-state index in [0.717, 1.165) is 23.3 Å². The van der Waals surface area contributed by atoms with Crippen LogP contribution in [0, 0.1) is 11.8 Å². The van der Waals surface area contributed by atoms with E-state index in [1.807, 2.05) is 60.9 Å². The number of amides is 3. The summed E-state index contributed by atoms with van der Waals surface area (Å²) < 4.78 is 0. The highest BCUT2D eigenvalue weighted by molar-refractivity contribution is 7.98. The van der Waals surface area contributed by atoms with Gasteiger partial charge in [0.1, 0.15) is 5.54 Å². The van der Waals surface area contributed by atoms with E-state index >= 15 is 0 Å². The normalized spacial score (nSPS) is 28.9. The van der Waals surface area contributed by atoms with Crippen LogP contribution >= 0.6 is 11.8 Å². The highest BCUT2D eigenvalue weighted by atomic mass is 32.2. The maximum Gasteiger partial charge on any atom is 0.250 e. The summed E-state index contributed by atoms with van der Waals surface area (Å²) >= 11 is 1.70. The fraction of sp³-hybridized carbons (Fsp3) is 0.375. The first-order chi connectivity index (χ1) is 15.1. The third-order valence-electron chi connectivity index (χ3n) is 6.81. The van der Waals surface area contributed by atoms with Crippen LogP contribution in [0.1, 0.15) is 17.5 Å². The lowest BCUT2D eigenvalue weighted by Gasteiger charge is -2.29. The molecule has 4 atom stereocenters. The molecule has 3 amide bonds. The van der Waals surface area contributed by atoms with Gasteiger partial charge in [-0.1, -0.05) is 48.5 Å². The van der Waals surface area contributed by atoms with Crippen molar-refractivity contribution in [3.05, 3.63) is 65.7 Å². The molecule has 2 fully saturated rings. The summed E-state index contributed by atoms with van der Waals surface area (Å²) in [6.45, 7) is 0.337. The zero-order chi connectivity index (χ0) is 21.6. The fourth-order valence-electron chi connectivity index (χ4n) is 5.42. The van der Waals surface area contributed by atoms with Crippen LogP contribution in [0.3, 0.4) is 0 Å². The van der Waals surface area contributed by atoms with E-state index in [9.17, 15) is 14.4 Å². The first-order valence-corrected chi connectivity index (χ1v) is 12.0. The van der Waals surface area contributed by atoms with Gasteiger partial charge >= 0.3 is 0 Å². The number of rotatable bonds is 6. The van der Waals surface area contributed by atoms with Crippen LogP contribution < -0.4 is 10.6 Å². The molecule has 0 aliphatic carbocycles. The van der Waals surface area contributed by atoms with Gasteiger partial charge in [-0.05, 0) is 36.5 Å². The number of carbonyl (C=O) groups is 3. The maximum atomic E-state index is 13.6. The van der Waals surface area contributed by atoms with Gasteiger partial charge in [-0.25, -0.2) is 0 Å². The minimum absolute atomic E-state index is 0.154. The molecule has 0 aromatic heterocycles. The van der Waals surface area contributed by atoms with Crippen LogP contribution in [0.5, 0.6) is 0 Å². The van der Waals surface area contributed by atoms with E-state index in [1.165, 1.54) is 4.90 Å². The molecule has 160 valence electrons. The zero-order valence-electron chi connectivity index (χ0n) is 17.3. The van der Waals surface area contributed by atoms with Crippen molar-refractivity contribution in [3.63, 3.8) is 0 Å². The molecule has 3 aliphatic heterocycles. The number of thioether (sulfide) groups is 1. The SMILES string of the molecule is CSCCC1NC2(C(=O)Nc3ccccc32)C2C(=O)N(CCc3ccccc3)C(=O)C12. The van der Waals surface area contributed by atoms with Gasteiger partial charge in [-0.3, -0.25) is 24.6 Å². The second kappa shape index (κ2) is 7.80.